The molecule has 1 aliphatic heterocycles. The molecule has 2 heterocycles. The number of amidine groups is 1. The smallest absolute Gasteiger partial charge is 0.353 e. The third kappa shape index (κ3) is 4.22. The molecule has 3 rings (SSSR count). The number of hydrogen-bond donors (Lipinski definition) is 1. The monoisotopic (exact) mass is 391 g/mol. The van der Waals surface area contributed by atoms with Crippen LogP contribution in [0.25, 0.3) is 0 Å². The van der Waals surface area contributed by atoms with Gasteiger partial charge in [-0.3, -0.25) is 10.1 Å². The lowest BCUT2D eigenvalue weighted by molar-refractivity contribution is -0.144. The van der Waals surface area contributed by atoms with Crippen LogP contribution in [0.1, 0.15) is 30.6 Å². The van der Waals surface area contributed by atoms with Crippen molar-refractivity contribution < 1.29 is 26.3 Å². The highest BCUT2D eigenvalue weighted by atomic mass is 19.4. The van der Waals surface area contributed by atoms with E-state index < -0.39 is 29.5 Å². The number of halogens is 6. The average Bonchev–Trinajstić information content (AvgIpc) is 3.02. The van der Waals surface area contributed by atoms with E-state index in [1.165, 1.54) is 0 Å². The number of hydrogen-bond acceptors (Lipinski definition) is 4. The van der Waals surface area contributed by atoms with Crippen molar-refractivity contribution in [2.24, 2.45) is 4.99 Å². The molecular formula is C16H15F6N5. The Balaban J connectivity index is 1.63. The van der Waals surface area contributed by atoms with Crippen molar-refractivity contribution in [1.82, 2.24) is 20.1 Å². The molecule has 0 unspecified atom stereocenters. The quantitative estimate of drug-likeness (QED) is 0.627. The third-order valence-corrected chi connectivity index (χ3v) is 4.17. The first-order valence-electron chi connectivity index (χ1n) is 8.11. The number of aromatic amines is 1. The van der Waals surface area contributed by atoms with Crippen molar-refractivity contribution >= 4 is 5.84 Å². The number of alkyl halides is 3. The van der Waals surface area contributed by atoms with Crippen molar-refractivity contribution in [3.63, 3.8) is 0 Å². The fraction of sp³-hybridized carbons (Fsp3) is 0.438. The maximum absolute atomic E-state index is 13.7. The second-order valence-electron chi connectivity index (χ2n) is 6.08. The van der Waals surface area contributed by atoms with Crippen molar-refractivity contribution in [2.75, 3.05) is 6.54 Å². The lowest BCUT2D eigenvalue weighted by Crippen LogP contribution is -2.40. The molecule has 0 saturated heterocycles. The third-order valence-electron chi connectivity index (χ3n) is 4.17. The number of nitrogens with one attached hydrogen (secondary N) is 1. The summed E-state index contributed by atoms with van der Waals surface area (Å²) in [5.41, 5.74) is 0.0230. The fourth-order valence-electron chi connectivity index (χ4n) is 2.77. The van der Waals surface area contributed by atoms with Crippen LogP contribution in [0.3, 0.4) is 0 Å². The van der Waals surface area contributed by atoms with E-state index in [4.69, 9.17) is 0 Å². The van der Waals surface area contributed by atoms with E-state index in [0.717, 1.165) is 6.07 Å². The molecule has 146 valence electrons. The molecule has 0 fully saturated rings. The molecule has 0 spiro atoms. The van der Waals surface area contributed by atoms with Gasteiger partial charge >= 0.3 is 6.18 Å². The molecule has 27 heavy (non-hydrogen) atoms. The number of rotatable bonds is 5. The molecule has 1 N–H and O–H groups in total. The lowest BCUT2D eigenvalue weighted by atomic mass is 9.98. The Morgan fingerprint density at radius 1 is 1.15 bits per heavy atom. The van der Waals surface area contributed by atoms with Gasteiger partial charge in [0.1, 0.15) is 17.5 Å². The summed E-state index contributed by atoms with van der Waals surface area (Å²) in [6, 6.07) is 0.992. The minimum Gasteiger partial charge on any atom is -0.353 e. The highest BCUT2D eigenvalue weighted by Crippen LogP contribution is 2.27. The van der Waals surface area contributed by atoms with E-state index >= 15 is 0 Å². The van der Waals surface area contributed by atoms with Gasteiger partial charge in [-0.15, -0.1) is 5.10 Å². The second-order valence-corrected chi connectivity index (χ2v) is 6.08. The summed E-state index contributed by atoms with van der Waals surface area (Å²) in [5, 5.41) is 5.38. The molecule has 5 nitrogen and oxygen atoms in total. The number of aliphatic imine (C=N–C) groups is 1. The molecule has 1 aromatic carbocycles. The zero-order valence-electron chi connectivity index (χ0n) is 14.1. The van der Waals surface area contributed by atoms with Crippen LogP contribution in [0.4, 0.5) is 26.3 Å². The fourth-order valence-corrected chi connectivity index (χ4v) is 2.77. The maximum Gasteiger partial charge on any atom is 0.453 e. The minimum absolute atomic E-state index is 0.0230. The number of H-pyrrole nitrogens is 1. The highest BCUT2D eigenvalue weighted by molar-refractivity contribution is 5.87. The van der Waals surface area contributed by atoms with E-state index in [-0.39, 0.29) is 30.4 Å². The molecule has 11 heteroatoms. The predicted octanol–water partition coefficient (Wildman–Crippen LogP) is 3.48. The van der Waals surface area contributed by atoms with Gasteiger partial charge in [-0.1, -0.05) is 0 Å². The number of nitrogens with zero attached hydrogens (tertiary/aromatic N) is 4. The first-order chi connectivity index (χ1) is 12.7. The zero-order valence-corrected chi connectivity index (χ0v) is 14.1. The summed E-state index contributed by atoms with van der Waals surface area (Å²) >= 11 is 0. The van der Waals surface area contributed by atoms with Gasteiger partial charge in [-0.25, -0.2) is 18.2 Å². The molecule has 0 saturated carbocycles. The van der Waals surface area contributed by atoms with Gasteiger partial charge in [0.2, 0.25) is 0 Å². The van der Waals surface area contributed by atoms with Gasteiger partial charge < -0.3 is 4.90 Å². The molecule has 1 aliphatic rings. The Morgan fingerprint density at radius 3 is 2.41 bits per heavy atom. The van der Waals surface area contributed by atoms with Crippen LogP contribution in [0.5, 0.6) is 0 Å². The largest absolute Gasteiger partial charge is 0.453 e. The van der Waals surface area contributed by atoms with Crippen LogP contribution in [0.15, 0.2) is 17.1 Å². The van der Waals surface area contributed by atoms with Crippen molar-refractivity contribution in [2.45, 2.75) is 38.5 Å². The lowest BCUT2D eigenvalue weighted by Gasteiger charge is -2.33. The van der Waals surface area contributed by atoms with Crippen molar-refractivity contribution in [3.8, 4) is 0 Å². The van der Waals surface area contributed by atoms with Gasteiger partial charge in [0, 0.05) is 19.0 Å². The van der Waals surface area contributed by atoms with E-state index in [0.29, 0.717) is 24.9 Å². The van der Waals surface area contributed by atoms with Crippen molar-refractivity contribution in [1.29, 1.82) is 0 Å². The van der Waals surface area contributed by atoms with Crippen LogP contribution in [-0.4, -0.2) is 38.5 Å². The standard InChI is InChI=1S/C16H15F6N5/c1-2-27(7-13-24-15(26-25-13)16(20,21)22)14-5-9(23-14)3-8-4-11(18)12(19)6-10(8)17/h4,6,9H,2-3,5,7H2,1H3,(H,24,25,26)/t9-/m1/s1. The molecule has 0 radical (unpaired) electrons. The van der Waals surface area contributed by atoms with Crippen LogP contribution in [-0.2, 0) is 19.1 Å². The van der Waals surface area contributed by atoms with Crippen LogP contribution < -0.4 is 0 Å². The van der Waals surface area contributed by atoms with E-state index in [9.17, 15) is 26.3 Å². The van der Waals surface area contributed by atoms with E-state index in [2.05, 4.69) is 20.2 Å². The number of benzene rings is 1. The molecule has 0 amide bonds. The predicted molar refractivity (Wildman–Crippen MR) is 83.3 cm³/mol. The Kier molecular flexibility index (Phi) is 5.11. The molecule has 1 aromatic heterocycles. The topological polar surface area (TPSA) is 57.2 Å². The number of aromatic nitrogens is 3. The molecule has 0 aliphatic carbocycles. The SMILES string of the molecule is CCN(Cc1nc(C(F)(F)F)n[nH]1)C1=N[C@H](Cc2cc(F)c(F)cc2F)C1. The Morgan fingerprint density at radius 2 is 1.81 bits per heavy atom. The van der Waals surface area contributed by atoms with Crippen molar-refractivity contribution in [3.05, 3.63) is 46.8 Å². The van der Waals surface area contributed by atoms with Gasteiger partial charge in [0.05, 0.1) is 12.6 Å². The molecule has 2 aromatic rings. The van der Waals surface area contributed by atoms with Gasteiger partial charge in [-0.05, 0) is 25.0 Å². The van der Waals surface area contributed by atoms with Gasteiger partial charge in [0.25, 0.3) is 5.82 Å². The first-order valence-corrected chi connectivity index (χ1v) is 8.11. The highest BCUT2D eigenvalue weighted by Gasteiger charge is 2.36. The molecule has 1 atom stereocenters. The summed E-state index contributed by atoms with van der Waals surface area (Å²) in [7, 11) is 0. The maximum atomic E-state index is 13.7. The summed E-state index contributed by atoms with van der Waals surface area (Å²) in [4.78, 5) is 9.43. The average molecular weight is 391 g/mol. The van der Waals surface area contributed by atoms with Crippen LogP contribution in [0, 0.1) is 17.5 Å². The Bertz CT molecular complexity index is 859. The zero-order chi connectivity index (χ0) is 19.8. The molecule has 0 bridgehead atoms. The summed E-state index contributed by atoms with van der Waals surface area (Å²) in [6.07, 6.45) is -4.09. The Hall–Kier alpha value is -2.59. The van der Waals surface area contributed by atoms with Gasteiger partial charge in [-0.2, -0.15) is 13.2 Å². The summed E-state index contributed by atoms with van der Waals surface area (Å²) < 4.78 is 77.5. The first kappa shape index (κ1) is 19.2. The summed E-state index contributed by atoms with van der Waals surface area (Å²) in [6.45, 7) is 2.32. The van der Waals surface area contributed by atoms with E-state index in [1.54, 1.807) is 11.8 Å². The van der Waals surface area contributed by atoms with Crippen LogP contribution >= 0.6 is 0 Å². The summed E-state index contributed by atoms with van der Waals surface area (Å²) in [5.74, 6) is -3.80. The second kappa shape index (κ2) is 7.20. The van der Waals surface area contributed by atoms with E-state index in [1.807, 2.05) is 0 Å². The van der Waals surface area contributed by atoms with Crippen LogP contribution in [0.2, 0.25) is 0 Å². The minimum atomic E-state index is -4.63. The van der Waals surface area contributed by atoms with Gasteiger partial charge in [0.15, 0.2) is 11.6 Å². The molecular weight excluding hydrogens is 376 g/mol. The normalized spacial score (nSPS) is 16.9. The Labute approximate surface area is 150 Å².